The van der Waals surface area contributed by atoms with Crippen molar-refractivity contribution in [3.63, 3.8) is 0 Å². The maximum atomic E-state index is 11.1. The second-order valence-electron chi connectivity index (χ2n) is 2.67. The molecular weight excluding hydrogens is 156 g/mol. The van der Waals surface area contributed by atoms with Gasteiger partial charge >= 0.3 is 5.97 Å². The van der Waals surface area contributed by atoms with Crippen LogP contribution in [-0.4, -0.2) is 16.9 Å². The standard InChI is InChI=1S/C9H14O3/c1-3-5-7(4-2)8(10)6-9(11)12/h3,7H,1,4-6H2,2H3,(H,11,12). The van der Waals surface area contributed by atoms with E-state index in [1.165, 1.54) is 0 Å². The van der Waals surface area contributed by atoms with Crippen LogP contribution in [0.4, 0.5) is 0 Å². The second-order valence-corrected chi connectivity index (χ2v) is 2.67. The summed E-state index contributed by atoms with van der Waals surface area (Å²) in [6, 6.07) is 0. The Morgan fingerprint density at radius 2 is 2.17 bits per heavy atom. The van der Waals surface area contributed by atoms with Gasteiger partial charge in [0.2, 0.25) is 0 Å². The monoisotopic (exact) mass is 170 g/mol. The Balaban J connectivity index is 4.02. The van der Waals surface area contributed by atoms with Crippen molar-refractivity contribution in [1.29, 1.82) is 0 Å². The Morgan fingerprint density at radius 1 is 1.58 bits per heavy atom. The van der Waals surface area contributed by atoms with E-state index in [2.05, 4.69) is 6.58 Å². The average Bonchev–Trinajstić information content (AvgIpc) is 1.98. The van der Waals surface area contributed by atoms with Crippen LogP contribution in [0.5, 0.6) is 0 Å². The molecule has 0 fully saturated rings. The van der Waals surface area contributed by atoms with Crippen LogP contribution in [0.25, 0.3) is 0 Å². The Hall–Kier alpha value is -1.12. The third kappa shape index (κ3) is 3.91. The first-order valence-electron chi connectivity index (χ1n) is 3.97. The van der Waals surface area contributed by atoms with Gasteiger partial charge in [0.25, 0.3) is 0 Å². The SMILES string of the molecule is C=CCC(CC)C(=O)CC(=O)O. The van der Waals surface area contributed by atoms with Crippen LogP contribution in [-0.2, 0) is 9.59 Å². The van der Waals surface area contributed by atoms with Gasteiger partial charge in [-0.05, 0) is 12.8 Å². The molecule has 0 saturated carbocycles. The highest BCUT2D eigenvalue weighted by atomic mass is 16.4. The van der Waals surface area contributed by atoms with Crippen molar-refractivity contribution in [2.75, 3.05) is 0 Å². The lowest BCUT2D eigenvalue weighted by molar-refractivity contribution is -0.141. The molecule has 0 rings (SSSR count). The lowest BCUT2D eigenvalue weighted by Gasteiger charge is -2.08. The van der Waals surface area contributed by atoms with Gasteiger partial charge in [-0.3, -0.25) is 9.59 Å². The summed E-state index contributed by atoms with van der Waals surface area (Å²) < 4.78 is 0. The maximum Gasteiger partial charge on any atom is 0.310 e. The number of Topliss-reactive ketones (excluding diaryl/α,β-unsaturated/α-hetero) is 1. The van der Waals surface area contributed by atoms with Gasteiger partial charge < -0.3 is 5.11 Å². The summed E-state index contributed by atoms with van der Waals surface area (Å²) in [5.74, 6) is -1.42. The van der Waals surface area contributed by atoms with E-state index in [4.69, 9.17) is 5.11 Å². The zero-order valence-electron chi connectivity index (χ0n) is 7.25. The first kappa shape index (κ1) is 10.9. The van der Waals surface area contributed by atoms with Gasteiger partial charge in [0.15, 0.2) is 0 Å². The Bertz CT molecular complexity index is 184. The van der Waals surface area contributed by atoms with E-state index in [1.807, 2.05) is 6.92 Å². The topological polar surface area (TPSA) is 54.4 Å². The summed E-state index contributed by atoms with van der Waals surface area (Å²) >= 11 is 0. The number of rotatable bonds is 6. The maximum absolute atomic E-state index is 11.1. The molecule has 0 aliphatic carbocycles. The lowest BCUT2D eigenvalue weighted by Crippen LogP contribution is -2.16. The number of carbonyl (C=O) groups excluding carboxylic acids is 1. The molecule has 0 radical (unpaired) electrons. The minimum Gasteiger partial charge on any atom is -0.481 e. The smallest absolute Gasteiger partial charge is 0.310 e. The minimum atomic E-state index is -1.05. The van der Waals surface area contributed by atoms with Gasteiger partial charge in [0, 0.05) is 5.92 Å². The summed E-state index contributed by atoms with van der Waals surface area (Å²) in [6.45, 7) is 5.38. The number of carbonyl (C=O) groups is 2. The van der Waals surface area contributed by atoms with Crippen LogP contribution < -0.4 is 0 Å². The minimum absolute atomic E-state index is 0.168. The fraction of sp³-hybridized carbons (Fsp3) is 0.556. The number of hydrogen-bond donors (Lipinski definition) is 1. The van der Waals surface area contributed by atoms with Crippen LogP contribution in [0.3, 0.4) is 0 Å². The molecule has 0 amide bonds. The zero-order valence-corrected chi connectivity index (χ0v) is 7.25. The van der Waals surface area contributed by atoms with E-state index in [0.29, 0.717) is 12.8 Å². The van der Waals surface area contributed by atoms with Crippen molar-refractivity contribution in [2.45, 2.75) is 26.2 Å². The van der Waals surface area contributed by atoms with Gasteiger partial charge in [-0.2, -0.15) is 0 Å². The van der Waals surface area contributed by atoms with Gasteiger partial charge in [0.1, 0.15) is 12.2 Å². The molecule has 68 valence electrons. The van der Waals surface area contributed by atoms with E-state index in [9.17, 15) is 9.59 Å². The first-order chi connectivity index (χ1) is 5.61. The molecule has 3 nitrogen and oxygen atoms in total. The molecule has 0 aromatic heterocycles. The summed E-state index contributed by atoms with van der Waals surface area (Å²) in [4.78, 5) is 21.3. The predicted octanol–water partition coefficient (Wildman–Crippen LogP) is 1.63. The number of carboxylic acids is 1. The van der Waals surface area contributed by atoms with Crippen LogP contribution in [0.1, 0.15) is 26.2 Å². The molecule has 0 bridgehead atoms. The Labute approximate surface area is 72.1 Å². The third-order valence-electron chi connectivity index (χ3n) is 1.72. The van der Waals surface area contributed by atoms with Gasteiger partial charge in [0.05, 0.1) is 0 Å². The normalized spacial score (nSPS) is 12.1. The molecular formula is C9H14O3. The van der Waals surface area contributed by atoms with E-state index in [0.717, 1.165) is 0 Å². The molecule has 3 heteroatoms. The largest absolute Gasteiger partial charge is 0.481 e. The van der Waals surface area contributed by atoms with Crippen molar-refractivity contribution in [3.8, 4) is 0 Å². The summed E-state index contributed by atoms with van der Waals surface area (Å²) in [5, 5.41) is 8.35. The van der Waals surface area contributed by atoms with Crippen molar-refractivity contribution >= 4 is 11.8 Å². The zero-order chi connectivity index (χ0) is 9.56. The van der Waals surface area contributed by atoms with Crippen molar-refractivity contribution in [2.24, 2.45) is 5.92 Å². The number of carboxylic acid groups (broad SMARTS) is 1. The highest BCUT2D eigenvalue weighted by molar-refractivity contribution is 5.96. The number of aliphatic carboxylic acids is 1. The van der Waals surface area contributed by atoms with E-state index in [-0.39, 0.29) is 18.1 Å². The highest BCUT2D eigenvalue weighted by Crippen LogP contribution is 2.11. The highest BCUT2D eigenvalue weighted by Gasteiger charge is 2.17. The van der Waals surface area contributed by atoms with Crippen LogP contribution in [0.15, 0.2) is 12.7 Å². The van der Waals surface area contributed by atoms with Crippen LogP contribution >= 0.6 is 0 Å². The fourth-order valence-electron chi connectivity index (χ4n) is 1.02. The number of ketones is 1. The molecule has 1 N–H and O–H groups in total. The molecule has 0 aliphatic rings. The quantitative estimate of drug-likeness (QED) is 0.487. The second kappa shape index (κ2) is 5.52. The lowest BCUT2D eigenvalue weighted by atomic mass is 9.95. The van der Waals surface area contributed by atoms with E-state index >= 15 is 0 Å². The molecule has 12 heavy (non-hydrogen) atoms. The van der Waals surface area contributed by atoms with Gasteiger partial charge in [-0.15, -0.1) is 6.58 Å². The molecule has 0 saturated heterocycles. The van der Waals surface area contributed by atoms with E-state index in [1.54, 1.807) is 6.08 Å². The summed E-state index contributed by atoms with van der Waals surface area (Å²) in [7, 11) is 0. The molecule has 1 atom stereocenters. The number of allylic oxidation sites excluding steroid dienone is 1. The number of hydrogen-bond acceptors (Lipinski definition) is 2. The van der Waals surface area contributed by atoms with Crippen LogP contribution in [0, 0.1) is 5.92 Å². The molecule has 1 unspecified atom stereocenters. The Kier molecular flexibility index (Phi) is 5.00. The Morgan fingerprint density at radius 3 is 2.50 bits per heavy atom. The molecule has 0 aromatic rings. The average molecular weight is 170 g/mol. The molecule has 0 heterocycles. The van der Waals surface area contributed by atoms with Gasteiger partial charge in [-0.1, -0.05) is 13.0 Å². The first-order valence-corrected chi connectivity index (χ1v) is 3.97. The van der Waals surface area contributed by atoms with Crippen molar-refractivity contribution in [1.82, 2.24) is 0 Å². The van der Waals surface area contributed by atoms with E-state index < -0.39 is 5.97 Å². The van der Waals surface area contributed by atoms with Crippen molar-refractivity contribution < 1.29 is 14.7 Å². The van der Waals surface area contributed by atoms with Crippen LogP contribution in [0.2, 0.25) is 0 Å². The van der Waals surface area contributed by atoms with Crippen molar-refractivity contribution in [3.05, 3.63) is 12.7 Å². The third-order valence-corrected chi connectivity index (χ3v) is 1.72. The summed E-state index contributed by atoms with van der Waals surface area (Å²) in [5.41, 5.74) is 0. The molecule has 0 aromatic carbocycles. The van der Waals surface area contributed by atoms with Gasteiger partial charge in [-0.25, -0.2) is 0 Å². The summed E-state index contributed by atoms with van der Waals surface area (Å²) in [6.07, 6.45) is 2.53. The fourth-order valence-corrected chi connectivity index (χ4v) is 1.02. The molecule has 0 aliphatic heterocycles. The predicted molar refractivity (Wildman–Crippen MR) is 45.9 cm³/mol. The molecule has 0 spiro atoms.